The van der Waals surface area contributed by atoms with Crippen molar-refractivity contribution in [2.75, 3.05) is 26.7 Å². The number of aliphatic hydroxyl groups excluding tert-OH is 1. The average Bonchev–Trinajstić information content (AvgIpc) is 2.96. The zero-order chi connectivity index (χ0) is 17.3. The van der Waals surface area contributed by atoms with Crippen LogP contribution in [-0.2, 0) is 5.60 Å². The number of aliphatic hydroxyl groups is 2. The minimum absolute atomic E-state index is 0.0897. The molecular weight excluding hydrogens is 315 g/mol. The molecule has 9 heteroatoms. The van der Waals surface area contributed by atoms with E-state index in [9.17, 15) is 14.6 Å². The molecule has 3 rings (SSSR count). The van der Waals surface area contributed by atoms with E-state index in [1.807, 2.05) is 0 Å². The Labute approximate surface area is 138 Å². The Bertz CT molecular complexity index is 722. The van der Waals surface area contributed by atoms with E-state index in [4.69, 9.17) is 0 Å². The quantitative estimate of drug-likeness (QED) is 0.332. The number of benzene rings is 1. The first-order chi connectivity index (χ1) is 11.5. The first-order valence-electron chi connectivity index (χ1n) is 7.34. The molecular formula is C15H19FN6O2. The molecule has 0 aliphatic carbocycles. The van der Waals surface area contributed by atoms with Crippen LogP contribution in [0.5, 0.6) is 0 Å². The maximum absolute atomic E-state index is 13.8. The van der Waals surface area contributed by atoms with Gasteiger partial charge in [-0.2, -0.15) is 5.10 Å². The Kier molecular flexibility index (Phi) is 4.22. The number of hydrogen-bond donors (Lipinski definition) is 4. The molecule has 0 spiro atoms. The van der Waals surface area contributed by atoms with Gasteiger partial charge in [-0.05, 0) is 17.7 Å². The lowest BCUT2D eigenvalue weighted by molar-refractivity contribution is -0.0186. The van der Waals surface area contributed by atoms with Crippen molar-refractivity contribution in [3.8, 4) is 0 Å². The summed E-state index contributed by atoms with van der Waals surface area (Å²) in [6.07, 6.45) is 1.45. The summed E-state index contributed by atoms with van der Waals surface area (Å²) in [7, 11) is 1.59. The molecule has 0 saturated carbocycles. The molecule has 2 aliphatic heterocycles. The smallest absolute Gasteiger partial charge is 0.129 e. The highest BCUT2D eigenvalue weighted by Gasteiger charge is 2.44. The summed E-state index contributed by atoms with van der Waals surface area (Å²) in [5.74, 6) is -0.427. The zero-order valence-corrected chi connectivity index (χ0v) is 13.2. The van der Waals surface area contributed by atoms with Crippen molar-refractivity contribution in [2.24, 2.45) is 10.1 Å². The van der Waals surface area contributed by atoms with Gasteiger partial charge in [-0.15, -0.1) is 5.53 Å². The van der Waals surface area contributed by atoms with Crippen molar-refractivity contribution in [2.45, 2.75) is 5.60 Å². The van der Waals surface area contributed by atoms with Crippen LogP contribution in [0.15, 0.2) is 34.0 Å². The van der Waals surface area contributed by atoms with E-state index in [1.165, 1.54) is 23.5 Å². The normalized spacial score (nSPS) is 22.4. The van der Waals surface area contributed by atoms with Gasteiger partial charge in [0.1, 0.15) is 17.8 Å². The third kappa shape index (κ3) is 2.62. The largest absolute Gasteiger partial charge is 0.390 e. The van der Waals surface area contributed by atoms with Crippen LogP contribution in [0.2, 0.25) is 0 Å². The van der Waals surface area contributed by atoms with Gasteiger partial charge in [-0.3, -0.25) is 15.0 Å². The summed E-state index contributed by atoms with van der Waals surface area (Å²) >= 11 is 0. The van der Waals surface area contributed by atoms with Crippen LogP contribution in [0.4, 0.5) is 4.39 Å². The number of hydrogen-bond acceptors (Lipinski definition) is 7. The molecule has 0 radical (unpaired) electrons. The maximum Gasteiger partial charge on any atom is 0.129 e. The molecule has 0 bridgehead atoms. The SMILES string of the molecule is C=NN(C=NC)CC1(O)CN2NNC(CO)=C2c2cc(F)ccc21. The second-order valence-corrected chi connectivity index (χ2v) is 5.64. The van der Waals surface area contributed by atoms with Gasteiger partial charge in [0.25, 0.3) is 0 Å². The fraction of sp³-hybridized carbons (Fsp3) is 0.333. The van der Waals surface area contributed by atoms with E-state index in [1.54, 1.807) is 18.1 Å². The molecule has 128 valence electrons. The molecule has 0 saturated heterocycles. The number of halogens is 1. The van der Waals surface area contributed by atoms with Gasteiger partial charge in [-0.1, -0.05) is 6.07 Å². The number of rotatable bonds is 5. The van der Waals surface area contributed by atoms with E-state index < -0.39 is 11.4 Å². The Hall–Kier alpha value is -2.49. The number of fused-ring (bicyclic) bond motifs is 3. The van der Waals surface area contributed by atoms with Crippen LogP contribution in [0.25, 0.3) is 5.70 Å². The minimum atomic E-state index is -1.35. The summed E-state index contributed by atoms with van der Waals surface area (Å²) in [5, 5.41) is 27.6. The number of nitrogens with one attached hydrogen (secondary N) is 2. The molecule has 0 fully saturated rings. The Morgan fingerprint density at radius 1 is 1.54 bits per heavy atom. The molecule has 24 heavy (non-hydrogen) atoms. The van der Waals surface area contributed by atoms with Gasteiger partial charge in [0.05, 0.1) is 31.1 Å². The number of hydrazine groups is 2. The third-order valence-electron chi connectivity index (χ3n) is 4.07. The lowest BCUT2D eigenvalue weighted by Gasteiger charge is -2.41. The number of aliphatic imine (C=N–C) groups is 1. The molecule has 8 nitrogen and oxygen atoms in total. The highest BCUT2D eigenvalue weighted by molar-refractivity contribution is 5.73. The Morgan fingerprint density at radius 2 is 2.33 bits per heavy atom. The van der Waals surface area contributed by atoms with E-state index in [2.05, 4.69) is 27.8 Å². The molecule has 1 unspecified atom stereocenters. The van der Waals surface area contributed by atoms with Crippen molar-refractivity contribution in [1.82, 2.24) is 21.0 Å². The van der Waals surface area contributed by atoms with Crippen molar-refractivity contribution < 1.29 is 14.6 Å². The molecule has 2 heterocycles. The van der Waals surface area contributed by atoms with Crippen molar-refractivity contribution in [1.29, 1.82) is 0 Å². The second kappa shape index (κ2) is 6.19. The Morgan fingerprint density at radius 3 is 3.00 bits per heavy atom. The maximum atomic E-state index is 13.8. The molecule has 1 aromatic rings. The van der Waals surface area contributed by atoms with Gasteiger partial charge in [0.15, 0.2) is 0 Å². The predicted molar refractivity (Wildman–Crippen MR) is 88.0 cm³/mol. The summed E-state index contributed by atoms with van der Waals surface area (Å²) in [4.78, 5) is 3.88. The first-order valence-corrected chi connectivity index (χ1v) is 7.34. The molecule has 1 atom stereocenters. The second-order valence-electron chi connectivity index (χ2n) is 5.64. The van der Waals surface area contributed by atoms with E-state index in [0.29, 0.717) is 22.5 Å². The third-order valence-corrected chi connectivity index (χ3v) is 4.07. The lowest BCUT2D eigenvalue weighted by atomic mass is 9.84. The highest BCUT2D eigenvalue weighted by atomic mass is 19.1. The Balaban J connectivity index is 2.10. The monoisotopic (exact) mass is 334 g/mol. The summed E-state index contributed by atoms with van der Waals surface area (Å²) in [5.41, 5.74) is 6.52. The van der Waals surface area contributed by atoms with E-state index in [-0.39, 0.29) is 19.7 Å². The number of hydrazone groups is 1. The van der Waals surface area contributed by atoms with E-state index >= 15 is 0 Å². The van der Waals surface area contributed by atoms with Crippen LogP contribution in [-0.4, -0.2) is 60.0 Å². The molecule has 4 N–H and O–H groups in total. The van der Waals surface area contributed by atoms with Crippen LogP contribution >= 0.6 is 0 Å². The van der Waals surface area contributed by atoms with Crippen molar-refractivity contribution in [3.05, 3.63) is 40.8 Å². The highest BCUT2D eigenvalue weighted by Crippen LogP contribution is 2.40. The molecule has 0 amide bonds. The standard InChI is InChI=1S/C15H19FN6O2/c1-17-9-21(18-2)7-15(24)8-22-14(13(6-23)19-20-22)11-5-10(16)3-4-12(11)15/h3-5,9,19-20,23-24H,2,6-8H2,1H3. The van der Waals surface area contributed by atoms with Gasteiger partial charge in [0, 0.05) is 19.3 Å². The van der Waals surface area contributed by atoms with Crippen molar-refractivity contribution >= 4 is 18.8 Å². The fourth-order valence-corrected chi connectivity index (χ4v) is 3.08. The van der Waals surface area contributed by atoms with Crippen molar-refractivity contribution in [3.63, 3.8) is 0 Å². The van der Waals surface area contributed by atoms with Gasteiger partial charge >= 0.3 is 0 Å². The first kappa shape index (κ1) is 16.4. The zero-order valence-electron chi connectivity index (χ0n) is 13.2. The van der Waals surface area contributed by atoms with Crippen LogP contribution < -0.4 is 11.0 Å². The molecule has 0 aromatic heterocycles. The van der Waals surface area contributed by atoms with Gasteiger partial charge < -0.3 is 15.6 Å². The fourth-order valence-electron chi connectivity index (χ4n) is 3.08. The topological polar surface area (TPSA) is 95.7 Å². The van der Waals surface area contributed by atoms with Crippen LogP contribution in [0.1, 0.15) is 11.1 Å². The van der Waals surface area contributed by atoms with E-state index in [0.717, 1.165) is 0 Å². The van der Waals surface area contributed by atoms with Gasteiger partial charge in [0.2, 0.25) is 0 Å². The van der Waals surface area contributed by atoms with Gasteiger partial charge in [-0.25, -0.2) is 4.39 Å². The average molecular weight is 334 g/mol. The van der Waals surface area contributed by atoms with Crippen LogP contribution in [0.3, 0.4) is 0 Å². The molecule has 1 aromatic carbocycles. The minimum Gasteiger partial charge on any atom is -0.390 e. The predicted octanol–water partition coefficient (Wildman–Crippen LogP) is -0.412. The summed E-state index contributed by atoms with van der Waals surface area (Å²) < 4.78 is 13.8. The molecule has 2 aliphatic rings. The number of nitrogens with zero attached hydrogens (tertiary/aromatic N) is 4. The van der Waals surface area contributed by atoms with Crippen LogP contribution in [0, 0.1) is 5.82 Å². The lowest BCUT2D eigenvalue weighted by Crippen LogP contribution is -2.53. The summed E-state index contributed by atoms with van der Waals surface area (Å²) in [6.45, 7) is 3.49. The summed E-state index contributed by atoms with van der Waals surface area (Å²) in [6, 6.07) is 4.19.